The number of anilines is 1. The van der Waals surface area contributed by atoms with Crippen LogP contribution >= 0.6 is 23.2 Å². The van der Waals surface area contributed by atoms with Crippen molar-refractivity contribution in [1.82, 2.24) is 4.90 Å². The van der Waals surface area contributed by atoms with Gasteiger partial charge in [-0.25, -0.2) is 4.90 Å². The van der Waals surface area contributed by atoms with Crippen LogP contribution in [0.2, 0.25) is 10.0 Å². The van der Waals surface area contributed by atoms with E-state index in [2.05, 4.69) is 0 Å². The predicted octanol–water partition coefficient (Wildman–Crippen LogP) is 3.21. The Bertz CT molecular complexity index is 974. The Morgan fingerprint density at radius 3 is 2.46 bits per heavy atom. The van der Waals surface area contributed by atoms with Crippen molar-refractivity contribution in [1.29, 1.82) is 0 Å². The van der Waals surface area contributed by atoms with E-state index in [4.69, 9.17) is 27.9 Å². The summed E-state index contributed by atoms with van der Waals surface area (Å²) in [6, 6.07) is 11.7. The van der Waals surface area contributed by atoms with Gasteiger partial charge in [0, 0.05) is 19.2 Å². The second kappa shape index (κ2) is 8.22. The minimum atomic E-state index is -0.550. The Labute approximate surface area is 172 Å². The number of likely N-dealkylation sites (N-methyl/N-ethyl adjacent to an activating group) is 1. The lowest BCUT2D eigenvalue weighted by Gasteiger charge is -2.21. The second-order valence-corrected chi connectivity index (χ2v) is 6.87. The molecular weight excluding hydrogens is 403 g/mol. The third kappa shape index (κ3) is 3.35. The number of aliphatic hydroxyl groups is 1. The van der Waals surface area contributed by atoms with Crippen molar-refractivity contribution in [3.63, 3.8) is 0 Å². The maximum atomic E-state index is 13.4. The zero-order valence-electron chi connectivity index (χ0n) is 15.3. The van der Waals surface area contributed by atoms with Crippen LogP contribution in [0.5, 0.6) is 5.75 Å². The number of amides is 2. The number of carbonyl (C=O) groups is 2. The van der Waals surface area contributed by atoms with E-state index < -0.39 is 11.8 Å². The summed E-state index contributed by atoms with van der Waals surface area (Å²) in [7, 11) is 3.12. The van der Waals surface area contributed by atoms with E-state index in [1.165, 1.54) is 7.11 Å². The third-order valence-electron chi connectivity index (χ3n) is 4.42. The molecule has 0 fully saturated rings. The molecule has 0 unspecified atom stereocenters. The fourth-order valence-electron chi connectivity index (χ4n) is 3.11. The van der Waals surface area contributed by atoms with Crippen molar-refractivity contribution >= 4 is 46.3 Å². The molecule has 1 aliphatic heterocycles. The SMILES string of the molecule is COc1ccccc1C1=C(N(C)CCO)C(=O)N(c2cccc(Cl)c2Cl)C1=O. The number of para-hydroxylation sites is 1. The molecule has 3 rings (SSSR count). The molecule has 0 atom stereocenters. The molecule has 6 nitrogen and oxygen atoms in total. The predicted molar refractivity (Wildman–Crippen MR) is 109 cm³/mol. The number of methoxy groups -OCH3 is 1. The fraction of sp³-hybridized carbons (Fsp3) is 0.200. The smallest absolute Gasteiger partial charge is 0.282 e. The van der Waals surface area contributed by atoms with Gasteiger partial charge < -0.3 is 14.7 Å². The summed E-state index contributed by atoms with van der Waals surface area (Å²) >= 11 is 12.3. The van der Waals surface area contributed by atoms with Crippen molar-refractivity contribution in [3.05, 3.63) is 63.8 Å². The Balaban J connectivity index is 2.22. The van der Waals surface area contributed by atoms with Crippen molar-refractivity contribution < 1.29 is 19.4 Å². The van der Waals surface area contributed by atoms with E-state index in [0.29, 0.717) is 11.3 Å². The molecule has 1 N–H and O–H groups in total. The first-order chi connectivity index (χ1) is 13.4. The van der Waals surface area contributed by atoms with Crippen LogP contribution in [0.25, 0.3) is 5.57 Å². The van der Waals surface area contributed by atoms with Gasteiger partial charge in [-0.05, 0) is 18.2 Å². The molecule has 0 radical (unpaired) electrons. The highest BCUT2D eigenvalue weighted by atomic mass is 35.5. The molecule has 1 heterocycles. The number of carbonyl (C=O) groups excluding carboxylic acids is 2. The van der Waals surface area contributed by atoms with E-state index in [0.717, 1.165) is 4.90 Å². The average Bonchev–Trinajstić information content (AvgIpc) is 2.94. The number of rotatable bonds is 6. The van der Waals surface area contributed by atoms with E-state index in [1.54, 1.807) is 54.4 Å². The van der Waals surface area contributed by atoms with Crippen molar-refractivity contribution in [2.45, 2.75) is 0 Å². The minimum Gasteiger partial charge on any atom is -0.496 e. The maximum absolute atomic E-state index is 13.4. The van der Waals surface area contributed by atoms with Gasteiger partial charge in [-0.15, -0.1) is 0 Å². The number of ether oxygens (including phenoxy) is 1. The van der Waals surface area contributed by atoms with Crippen LogP contribution in [0.4, 0.5) is 5.69 Å². The molecule has 0 bridgehead atoms. The molecular formula is C20H18Cl2N2O4. The van der Waals surface area contributed by atoms with E-state index >= 15 is 0 Å². The lowest BCUT2D eigenvalue weighted by Crippen LogP contribution is -2.35. The van der Waals surface area contributed by atoms with Crippen molar-refractivity contribution in [2.24, 2.45) is 0 Å². The van der Waals surface area contributed by atoms with E-state index in [-0.39, 0.29) is 40.2 Å². The van der Waals surface area contributed by atoms with Crippen LogP contribution in [0, 0.1) is 0 Å². The monoisotopic (exact) mass is 420 g/mol. The number of hydrogen-bond acceptors (Lipinski definition) is 5. The lowest BCUT2D eigenvalue weighted by molar-refractivity contribution is -0.120. The first kappa shape index (κ1) is 20.2. The van der Waals surface area contributed by atoms with Crippen molar-refractivity contribution in [3.8, 4) is 5.75 Å². The molecule has 8 heteroatoms. The number of benzene rings is 2. The summed E-state index contributed by atoms with van der Waals surface area (Å²) in [5.41, 5.74) is 1.00. The van der Waals surface area contributed by atoms with Gasteiger partial charge in [-0.1, -0.05) is 47.5 Å². The number of nitrogens with zero attached hydrogens (tertiary/aromatic N) is 2. The average molecular weight is 421 g/mol. The van der Waals surface area contributed by atoms with E-state index in [9.17, 15) is 14.7 Å². The molecule has 28 heavy (non-hydrogen) atoms. The largest absolute Gasteiger partial charge is 0.496 e. The Morgan fingerprint density at radius 1 is 1.07 bits per heavy atom. The molecule has 0 aromatic heterocycles. The fourth-order valence-corrected chi connectivity index (χ4v) is 3.49. The summed E-state index contributed by atoms with van der Waals surface area (Å²) < 4.78 is 5.38. The van der Waals surface area contributed by atoms with Crippen LogP contribution in [-0.4, -0.2) is 49.1 Å². The maximum Gasteiger partial charge on any atom is 0.282 e. The van der Waals surface area contributed by atoms with Gasteiger partial charge in [-0.2, -0.15) is 0 Å². The van der Waals surface area contributed by atoms with Crippen molar-refractivity contribution in [2.75, 3.05) is 32.2 Å². The number of hydrogen-bond donors (Lipinski definition) is 1. The zero-order valence-corrected chi connectivity index (χ0v) is 16.8. The van der Waals surface area contributed by atoms with Crippen LogP contribution in [-0.2, 0) is 9.59 Å². The lowest BCUT2D eigenvalue weighted by atomic mass is 10.0. The number of aliphatic hydroxyl groups excluding tert-OH is 1. The Kier molecular flexibility index (Phi) is 5.93. The van der Waals surface area contributed by atoms with E-state index in [1.807, 2.05) is 0 Å². The third-order valence-corrected chi connectivity index (χ3v) is 5.23. The topological polar surface area (TPSA) is 70.1 Å². The van der Waals surface area contributed by atoms with Gasteiger partial charge in [0.15, 0.2) is 0 Å². The molecule has 0 aliphatic carbocycles. The number of imide groups is 1. The number of halogens is 2. The molecule has 0 spiro atoms. The minimum absolute atomic E-state index is 0.108. The Hall–Kier alpha value is -2.54. The molecule has 2 amide bonds. The van der Waals surface area contributed by atoms with Crippen LogP contribution in [0.1, 0.15) is 5.56 Å². The van der Waals surface area contributed by atoms with Gasteiger partial charge in [0.05, 0.1) is 35.0 Å². The summed E-state index contributed by atoms with van der Waals surface area (Å²) in [6.07, 6.45) is 0. The standard InChI is InChI=1S/C20H18Cl2N2O4/c1-23(10-11-25)18-16(12-6-3-4-9-15(12)28-2)19(26)24(20(18)27)14-8-5-7-13(21)17(14)22/h3-9,25H,10-11H2,1-2H3. The van der Waals surface area contributed by atoms with Crippen LogP contribution in [0.3, 0.4) is 0 Å². The quantitative estimate of drug-likeness (QED) is 0.726. The molecule has 0 saturated heterocycles. The molecule has 146 valence electrons. The van der Waals surface area contributed by atoms with Gasteiger partial charge in [0.25, 0.3) is 11.8 Å². The second-order valence-electron chi connectivity index (χ2n) is 6.09. The summed E-state index contributed by atoms with van der Waals surface area (Å²) in [4.78, 5) is 29.2. The summed E-state index contributed by atoms with van der Waals surface area (Å²) in [6.45, 7) is -0.0112. The van der Waals surface area contributed by atoms with Crippen LogP contribution < -0.4 is 9.64 Å². The summed E-state index contributed by atoms with van der Waals surface area (Å²) in [5, 5.41) is 9.67. The molecule has 2 aromatic rings. The van der Waals surface area contributed by atoms with Gasteiger partial charge >= 0.3 is 0 Å². The normalized spacial score (nSPS) is 14.1. The first-order valence-corrected chi connectivity index (χ1v) is 9.20. The van der Waals surface area contributed by atoms with Gasteiger partial charge in [0.1, 0.15) is 11.4 Å². The Morgan fingerprint density at radius 2 is 1.79 bits per heavy atom. The molecule has 1 aliphatic rings. The highest BCUT2D eigenvalue weighted by Gasteiger charge is 2.43. The van der Waals surface area contributed by atoms with Gasteiger partial charge in [0.2, 0.25) is 0 Å². The van der Waals surface area contributed by atoms with Crippen LogP contribution in [0.15, 0.2) is 48.2 Å². The molecule has 2 aromatic carbocycles. The first-order valence-electron chi connectivity index (χ1n) is 8.44. The zero-order chi connectivity index (χ0) is 20.4. The summed E-state index contributed by atoms with van der Waals surface area (Å²) in [5.74, 6) is -0.642. The van der Waals surface area contributed by atoms with Gasteiger partial charge in [-0.3, -0.25) is 9.59 Å². The molecule has 0 saturated carbocycles. The highest BCUT2D eigenvalue weighted by molar-refractivity contribution is 6.49. The highest BCUT2D eigenvalue weighted by Crippen LogP contribution is 2.41.